The van der Waals surface area contributed by atoms with Crippen molar-refractivity contribution in [2.24, 2.45) is 0 Å². The van der Waals surface area contributed by atoms with Crippen LogP contribution in [0.2, 0.25) is 5.15 Å². The van der Waals surface area contributed by atoms with E-state index in [1.807, 2.05) is 13.0 Å². The number of hydrogen-bond acceptors (Lipinski definition) is 3. The summed E-state index contributed by atoms with van der Waals surface area (Å²) in [6.07, 6.45) is 0. The lowest BCUT2D eigenvalue weighted by atomic mass is 9.96. The van der Waals surface area contributed by atoms with Crippen LogP contribution in [0.25, 0.3) is 0 Å². The highest BCUT2D eigenvalue weighted by molar-refractivity contribution is 9.10. The molecule has 0 bridgehead atoms. The Morgan fingerprint density at radius 3 is 2.40 bits per heavy atom. The van der Waals surface area contributed by atoms with Gasteiger partial charge in [0, 0.05) is 21.6 Å². The van der Waals surface area contributed by atoms with Gasteiger partial charge < -0.3 is 5.32 Å². The number of hydrogen-bond donors (Lipinski definition) is 1. The number of aryl methyl sites for hydroxylation is 1. The van der Waals surface area contributed by atoms with Gasteiger partial charge in [0.25, 0.3) is 0 Å². The van der Waals surface area contributed by atoms with Crippen molar-refractivity contribution in [2.75, 3.05) is 5.32 Å². The molecule has 0 saturated carbocycles. The van der Waals surface area contributed by atoms with Crippen LogP contribution < -0.4 is 5.32 Å². The molecule has 2 aromatic rings. The molecular formula is C15H17BrClN3. The summed E-state index contributed by atoms with van der Waals surface area (Å²) < 4.78 is 1.02. The minimum Gasteiger partial charge on any atom is -0.340 e. The van der Waals surface area contributed by atoms with E-state index >= 15 is 0 Å². The second kappa shape index (κ2) is 5.70. The number of benzene rings is 1. The topological polar surface area (TPSA) is 37.8 Å². The van der Waals surface area contributed by atoms with E-state index in [1.54, 1.807) is 6.07 Å². The molecule has 0 unspecified atom stereocenters. The van der Waals surface area contributed by atoms with Crippen LogP contribution in [0.4, 0.5) is 11.5 Å². The number of rotatable bonds is 2. The van der Waals surface area contributed by atoms with Crippen molar-refractivity contribution in [1.29, 1.82) is 0 Å². The predicted octanol–water partition coefficient (Wildman–Crippen LogP) is 5.24. The average Bonchev–Trinajstić information content (AvgIpc) is 2.25. The number of anilines is 2. The van der Waals surface area contributed by atoms with Gasteiger partial charge in [0.2, 0.25) is 0 Å². The molecule has 2 rings (SSSR count). The number of aromatic nitrogens is 2. The molecule has 20 heavy (non-hydrogen) atoms. The van der Waals surface area contributed by atoms with E-state index in [9.17, 15) is 0 Å². The van der Waals surface area contributed by atoms with Gasteiger partial charge in [0.1, 0.15) is 16.8 Å². The van der Waals surface area contributed by atoms with E-state index in [0.29, 0.717) is 11.0 Å². The fourth-order valence-corrected chi connectivity index (χ4v) is 2.56. The number of nitrogens with zero attached hydrogens (tertiary/aromatic N) is 2. The summed E-state index contributed by atoms with van der Waals surface area (Å²) >= 11 is 9.57. The third-order valence-electron chi connectivity index (χ3n) is 2.68. The van der Waals surface area contributed by atoms with Crippen LogP contribution in [-0.4, -0.2) is 9.97 Å². The minimum atomic E-state index is -0.144. The Morgan fingerprint density at radius 1 is 1.10 bits per heavy atom. The summed E-state index contributed by atoms with van der Waals surface area (Å²) in [5, 5.41) is 3.72. The molecule has 1 aromatic carbocycles. The van der Waals surface area contributed by atoms with Gasteiger partial charge in [-0.2, -0.15) is 0 Å². The molecule has 1 N–H and O–H groups in total. The van der Waals surface area contributed by atoms with Crippen molar-refractivity contribution in [3.05, 3.63) is 45.3 Å². The van der Waals surface area contributed by atoms with E-state index in [2.05, 4.69) is 64.1 Å². The number of halogens is 2. The molecule has 0 spiro atoms. The molecule has 106 valence electrons. The van der Waals surface area contributed by atoms with Gasteiger partial charge in [-0.3, -0.25) is 0 Å². The highest BCUT2D eigenvalue weighted by Crippen LogP contribution is 2.26. The highest BCUT2D eigenvalue weighted by Gasteiger charge is 2.18. The molecule has 0 fully saturated rings. The van der Waals surface area contributed by atoms with Crippen molar-refractivity contribution in [3.8, 4) is 0 Å². The lowest BCUT2D eigenvalue weighted by molar-refractivity contribution is 0.546. The first-order valence-electron chi connectivity index (χ1n) is 6.33. The van der Waals surface area contributed by atoms with Gasteiger partial charge in [0.15, 0.2) is 0 Å². The molecular weight excluding hydrogens is 338 g/mol. The first-order chi connectivity index (χ1) is 9.24. The van der Waals surface area contributed by atoms with Crippen LogP contribution in [0, 0.1) is 6.92 Å². The molecule has 0 atom stereocenters. The maximum atomic E-state index is 6.08. The summed E-state index contributed by atoms with van der Waals surface area (Å²) in [5.74, 6) is 1.42. The average molecular weight is 355 g/mol. The highest BCUT2D eigenvalue weighted by atomic mass is 79.9. The van der Waals surface area contributed by atoms with E-state index < -0.39 is 0 Å². The molecule has 3 nitrogen and oxygen atoms in total. The Balaban J connectivity index is 2.36. The van der Waals surface area contributed by atoms with E-state index in [0.717, 1.165) is 21.5 Å². The van der Waals surface area contributed by atoms with Gasteiger partial charge in [0.05, 0.1) is 0 Å². The van der Waals surface area contributed by atoms with E-state index in [4.69, 9.17) is 11.6 Å². The minimum absolute atomic E-state index is 0.144. The van der Waals surface area contributed by atoms with E-state index in [1.165, 1.54) is 0 Å². The second-order valence-corrected chi connectivity index (χ2v) is 7.09. The van der Waals surface area contributed by atoms with Crippen LogP contribution >= 0.6 is 27.5 Å². The molecule has 0 amide bonds. The first-order valence-corrected chi connectivity index (χ1v) is 7.50. The molecule has 1 aromatic heterocycles. The normalized spacial score (nSPS) is 11.5. The van der Waals surface area contributed by atoms with Crippen molar-refractivity contribution < 1.29 is 0 Å². The maximum Gasteiger partial charge on any atom is 0.137 e. The molecule has 1 heterocycles. The van der Waals surface area contributed by atoms with Crippen molar-refractivity contribution >= 4 is 39.0 Å². The molecule has 0 aliphatic carbocycles. The SMILES string of the molecule is Cc1cc(Br)cc(Nc2cc(Cl)nc(C(C)(C)C)n2)c1. The van der Waals surface area contributed by atoms with Crippen LogP contribution in [0.3, 0.4) is 0 Å². The third kappa shape index (κ3) is 3.93. The summed E-state index contributed by atoms with van der Waals surface area (Å²) in [4.78, 5) is 8.82. The smallest absolute Gasteiger partial charge is 0.137 e. The molecule has 0 aliphatic heterocycles. The van der Waals surface area contributed by atoms with Crippen molar-refractivity contribution in [1.82, 2.24) is 9.97 Å². The molecule has 0 radical (unpaired) electrons. The zero-order valence-corrected chi connectivity index (χ0v) is 14.3. The van der Waals surface area contributed by atoms with Gasteiger partial charge in [-0.15, -0.1) is 0 Å². The summed E-state index contributed by atoms with van der Waals surface area (Å²) in [5.41, 5.74) is 1.98. The Bertz CT molecular complexity index is 615. The monoisotopic (exact) mass is 353 g/mol. The van der Waals surface area contributed by atoms with Gasteiger partial charge in [-0.05, 0) is 30.7 Å². The Labute approximate surface area is 132 Å². The van der Waals surface area contributed by atoms with Gasteiger partial charge in [-0.1, -0.05) is 48.3 Å². The van der Waals surface area contributed by atoms with Crippen LogP contribution in [0.1, 0.15) is 32.2 Å². The molecule has 5 heteroatoms. The lowest BCUT2D eigenvalue weighted by Gasteiger charge is -2.18. The number of nitrogens with one attached hydrogen (secondary N) is 1. The second-order valence-electron chi connectivity index (χ2n) is 5.79. The van der Waals surface area contributed by atoms with Crippen molar-refractivity contribution in [3.63, 3.8) is 0 Å². The summed E-state index contributed by atoms with van der Waals surface area (Å²) in [7, 11) is 0. The van der Waals surface area contributed by atoms with Gasteiger partial charge in [-0.25, -0.2) is 9.97 Å². The maximum absolute atomic E-state index is 6.08. The fraction of sp³-hybridized carbons (Fsp3) is 0.333. The van der Waals surface area contributed by atoms with E-state index in [-0.39, 0.29) is 5.41 Å². The van der Waals surface area contributed by atoms with Gasteiger partial charge >= 0.3 is 0 Å². The predicted molar refractivity (Wildman–Crippen MR) is 87.9 cm³/mol. The van der Waals surface area contributed by atoms with Crippen LogP contribution in [0.5, 0.6) is 0 Å². The largest absolute Gasteiger partial charge is 0.340 e. The third-order valence-corrected chi connectivity index (χ3v) is 3.33. The Hall–Kier alpha value is -1.13. The first kappa shape index (κ1) is 15.3. The standard InChI is InChI=1S/C15H17BrClN3/c1-9-5-10(16)7-11(6-9)18-13-8-12(17)19-14(20-13)15(2,3)4/h5-8H,1-4H3,(H,18,19,20). The van der Waals surface area contributed by atoms with Crippen LogP contribution in [-0.2, 0) is 5.41 Å². The summed E-state index contributed by atoms with van der Waals surface area (Å²) in [6, 6.07) is 7.84. The Kier molecular flexibility index (Phi) is 4.35. The van der Waals surface area contributed by atoms with Crippen molar-refractivity contribution in [2.45, 2.75) is 33.1 Å². The Morgan fingerprint density at radius 2 is 1.80 bits per heavy atom. The molecule has 0 aliphatic rings. The van der Waals surface area contributed by atoms with Crippen LogP contribution in [0.15, 0.2) is 28.7 Å². The molecule has 0 saturated heterocycles. The zero-order valence-electron chi connectivity index (χ0n) is 12.0. The fourth-order valence-electron chi connectivity index (χ4n) is 1.77. The quantitative estimate of drug-likeness (QED) is 0.749. The summed E-state index contributed by atoms with van der Waals surface area (Å²) in [6.45, 7) is 8.23. The lowest BCUT2D eigenvalue weighted by Crippen LogP contribution is -2.16. The zero-order chi connectivity index (χ0) is 14.9.